The molecular formula is C19H26N2O2. The topological polar surface area (TPSA) is 45.3 Å². The average Bonchev–Trinajstić information content (AvgIpc) is 2.83. The monoisotopic (exact) mass is 314 g/mol. The summed E-state index contributed by atoms with van der Waals surface area (Å²) in [6.45, 7) is 8.78. The molecule has 1 amide bonds. The average molecular weight is 314 g/mol. The van der Waals surface area contributed by atoms with Crippen molar-refractivity contribution < 1.29 is 9.53 Å². The highest BCUT2D eigenvalue weighted by Gasteiger charge is 2.30. The lowest BCUT2D eigenvalue weighted by Crippen LogP contribution is -2.42. The number of rotatable bonds is 2. The van der Waals surface area contributed by atoms with Crippen LogP contribution in [0.1, 0.15) is 26.3 Å². The molecule has 1 aromatic carbocycles. The van der Waals surface area contributed by atoms with Gasteiger partial charge in [0.15, 0.2) is 0 Å². The zero-order valence-electron chi connectivity index (χ0n) is 14.3. The summed E-state index contributed by atoms with van der Waals surface area (Å²) in [5.41, 5.74) is 2.13. The summed E-state index contributed by atoms with van der Waals surface area (Å²) in [7, 11) is 0. The van der Waals surface area contributed by atoms with Crippen LogP contribution >= 0.6 is 0 Å². The number of ether oxygens (including phenoxy) is 1. The Morgan fingerprint density at radius 2 is 2.17 bits per heavy atom. The predicted molar refractivity (Wildman–Crippen MR) is 92.3 cm³/mol. The maximum absolute atomic E-state index is 12.6. The third kappa shape index (κ3) is 3.75. The molecule has 1 aliphatic rings. The number of fused-ring (bicyclic) bond motifs is 1. The Labute approximate surface area is 137 Å². The van der Waals surface area contributed by atoms with Crippen molar-refractivity contribution in [2.75, 3.05) is 26.3 Å². The number of carbonyl (C=O) groups is 1. The minimum absolute atomic E-state index is 0.217. The minimum atomic E-state index is -0.334. The van der Waals surface area contributed by atoms with Crippen molar-refractivity contribution in [1.82, 2.24) is 9.88 Å². The Morgan fingerprint density at radius 3 is 2.96 bits per heavy atom. The molecule has 4 heteroatoms. The summed E-state index contributed by atoms with van der Waals surface area (Å²) < 4.78 is 5.74. The second-order valence-corrected chi connectivity index (χ2v) is 7.55. The van der Waals surface area contributed by atoms with Gasteiger partial charge in [0.05, 0.1) is 13.2 Å². The van der Waals surface area contributed by atoms with Crippen molar-refractivity contribution in [3.8, 4) is 0 Å². The SMILES string of the molecule is CC(C)(C)C(=O)N1CCOC[C@H](Cc2ccc3[nH]ccc3c2)C1. The van der Waals surface area contributed by atoms with Crippen LogP contribution in [-0.4, -0.2) is 42.1 Å². The van der Waals surface area contributed by atoms with E-state index in [9.17, 15) is 4.79 Å². The quantitative estimate of drug-likeness (QED) is 0.925. The van der Waals surface area contributed by atoms with E-state index in [0.29, 0.717) is 19.1 Å². The van der Waals surface area contributed by atoms with Crippen LogP contribution in [0.3, 0.4) is 0 Å². The number of hydrogen-bond donors (Lipinski definition) is 1. The second-order valence-electron chi connectivity index (χ2n) is 7.55. The third-order valence-electron chi connectivity index (χ3n) is 4.41. The number of aromatic amines is 1. The maximum Gasteiger partial charge on any atom is 0.228 e. The molecule has 2 aromatic rings. The largest absolute Gasteiger partial charge is 0.379 e. The Balaban J connectivity index is 1.72. The van der Waals surface area contributed by atoms with Gasteiger partial charge in [-0.25, -0.2) is 0 Å². The Hall–Kier alpha value is -1.81. The van der Waals surface area contributed by atoms with Gasteiger partial charge in [0.2, 0.25) is 5.91 Å². The molecule has 1 N–H and O–H groups in total. The van der Waals surface area contributed by atoms with E-state index < -0.39 is 0 Å². The van der Waals surface area contributed by atoms with Crippen LogP contribution in [0.15, 0.2) is 30.5 Å². The Morgan fingerprint density at radius 1 is 1.35 bits per heavy atom. The molecular weight excluding hydrogens is 288 g/mol. The van der Waals surface area contributed by atoms with Crippen LogP contribution < -0.4 is 0 Å². The first kappa shape index (κ1) is 16.1. The van der Waals surface area contributed by atoms with E-state index in [1.165, 1.54) is 10.9 Å². The van der Waals surface area contributed by atoms with Gasteiger partial charge in [-0.2, -0.15) is 0 Å². The highest BCUT2D eigenvalue weighted by molar-refractivity contribution is 5.81. The molecule has 0 unspecified atom stereocenters. The highest BCUT2D eigenvalue weighted by atomic mass is 16.5. The van der Waals surface area contributed by atoms with E-state index in [4.69, 9.17) is 4.74 Å². The molecule has 0 radical (unpaired) electrons. The van der Waals surface area contributed by atoms with Crippen LogP contribution in [0.2, 0.25) is 0 Å². The zero-order valence-corrected chi connectivity index (χ0v) is 14.3. The molecule has 0 saturated carbocycles. The van der Waals surface area contributed by atoms with E-state index in [0.717, 1.165) is 25.1 Å². The number of carbonyl (C=O) groups excluding carboxylic acids is 1. The molecule has 1 aliphatic heterocycles. The molecule has 0 bridgehead atoms. The van der Waals surface area contributed by atoms with Crippen molar-refractivity contribution in [1.29, 1.82) is 0 Å². The lowest BCUT2D eigenvalue weighted by atomic mass is 9.93. The van der Waals surface area contributed by atoms with Gasteiger partial charge in [0, 0.05) is 36.1 Å². The number of hydrogen-bond acceptors (Lipinski definition) is 2. The maximum atomic E-state index is 12.6. The lowest BCUT2D eigenvalue weighted by molar-refractivity contribution is -0.139. The normalized spacial score (nSPS) is 19.8. The highest BCUT2D eigenvalue weighted by Crippen LogP contribution is 2.22. The standard InChI is InChI=1S/C19H26N2O2/c1-19(2,3)18(22)21-8-9-23-13-15(12-21)10-14-4-5-17-16(11-14)6-7-20-17/h4-7,11,15,20H,8-10,12-13H2,1-3H3/t15-/m1/s1. The number of benzene rings is 1. The first-order valence-corrected chi connectivity index (χ1v) is 8.36. The molecule has 124 valence electrons. The van der Waals surface area contributed by atoms with Crippen molar-refractivity contribution >= 4 is 16.8 Å². The van der Waals surface area contributed by atoms with E-state index in [2.05, 4.69) is 29.2 Å². The van der Waals surface area contributed by atoms with Crippen LogP contribution in [-0.2, 0) is 16.0 Å². The molecule has 1 atom stereocenters. The van der Waals surface area contributed by atoms with Crippen LogP contribution in [0.5, 0.6) is 0 Å². The van der Waals surface area contributed by atoms with Crippen molar-refractivity contribution in [3.63, 3.8) is 0 Å². The number of nitrogens with zero attached hydrogens (tertiary/aromatic N) is 1. The molecule has 1 aromatic heterocycles. The van der Waals surface area contributed by atoms with Gasteiger partial charge in [0.25, 0.3) is 0 Å². The lowest BCUT2D eigenvalue weighted by Gasteiger charge is -2.30. The van der Waals surface area contributed by atoms with Crippen molar-refractivity contribution in [2.24, 2.45) is 11.3 Å². The van der Waals surface area contributed by atoms with Gasteiger partial charge in [-0.1, -0.05) is 26.8 Å². The molecule has 1 saturated heterocycles. The number of H-pyrrole nitrogens is 1. The minimum Gasteiger partial charge on any atom is -0.379 e. The van der Waals surface area contributed by atoms with Gasteiger partial charge in [-0.05, 0) is 35.6 Å². The van der Waals surface area contributed by atoms with E-state index in [-0.39, 0.29) is 11.3 Å². The van der Waals surface area contributed by atoms with Gasteiger partial charge >= 0.3 is 0 Å². The van der Waals surface area contributed by atoms with Gasteiger partial charge in [-0.15, -0.1) is 0 Å². The first-order chi connectivity index (χ1) is 10.9. The molecule has 1 fully saturated rings. The molecule has 2 heterocycles. The molecule has 0 aliphatic carbocycles. The van der Waals surface area contributed by atoms with Gasteiger partial charge in [0.1, 0.15) is 0 Å². The summed E-state index contributed by atoms with van der Waals surface area (Å²) in [6, 6.07) is 8.62. The van der Waals surface area contributed by atoms with Crippen molar-refractivity contribution in [2.45, 2.75) is 27.2 Å². The summed E-state index contributed by atoms with van der Waals surface area (Å²) >= 11 is 0. The fourth-order valence-electron chi connectivity index (χ4n) is 3.23. The smallest absolute Gasteiger partial charge is 0.228 e. The number of aromatic nitrogens is 1. The summed E-state index contributed by atoms with van der Waals surface area (Å²) in [6.07, 6.45) is 2.90. The summed E-state index contributed by atoms with van der Waals surface area (Å²) in [5, 5.41) is 1.24. The van der Waals surface area contributed by atoms with Gasteiger partial charge in [-0.3, -0.25) is 4.79 Å². The van der Waals surface area contributed by atoms with Crippen LogP contribution in [0.4, 0.5) is 0 Å². The fourth-order valence-corrected chi connectivity index (χ4v) is 3.23. The van der Waals surface area contributed by atoms with E-state index in [1.807, 2.05) is 31.9 Å². The second kappa shape index (κ2) is 6.36. The summed E-state index contributed by atoms with van der Waals surface area (Å²) in [4.78, 5) is 17.8. The molecule has 4 nitrogen and oxygen atoms in total. The Bertz CT molecular complexity index is 684. The van der Waals surface area contributed by atoms with Crippen LogP contribution in [0, 0.1) is 11.3 Å². The molecule has 3 rings (SSSR count). The number of nitrogens with one attached hydrogen (secondary N) is 1. The first-order valence-electron chi connectivity index (χ1n) is 8.36. The molecule has 0 spiro atoms. The predicted octanol–water partition coefficient (Wildman–Crippen LogP) is 3.23. The van der Waals surface area contributed by atoms with E-state index in [1.54, 1.807) is 0 Å². The summed E-state index contributed by atoms with van der Waals surface area (Å²) in [5.74, 6) is 0.564. The Kier molecular flexibility index (Phi) is 4.44. The van der Waals surface area contributed by atoms with Crippen LogP contribution in [0.25, 0.3) is 10.9 Å². The van der Waals surface area contributed by atoms with Crippen molar-refractivity contribution in [3.05, 3.63) is 36.0 Å². The fraction of sp³-hybridized carbons (Fsp3) is 0.526. The van der Waals surface area contributed by atoms with Gasteiger partial charge < -0.3 is 14.6 Å². The molecule has 23 heavy (non-hydrogen) atoms. The zero-order chi connectivity index (χ0) is 16.4. The third-order valence-corrected chi connectivity index (χ3v) is 4.41. The number of amides is 1. The van der Waals surface area contributed by atoms with E-state index >= 15 is 0 Å².